The Kier molecular flexibility index (Phi) is 3.56. The number of hydrogen-bond acceptors (Lipinski definition) is 3. The van der Waals surface area contributed by atoms with Gasteiger partial charge in [-0.15, -0.1) is 0 Å². The van der Waals surface area contributed by atoms with Gasteiger partial charge >= 0.3 is 0 Å². The van der Waals surface area contributed by atoms with Gasteiger partial charge in [-0.05, 0) is 45.6 Å². The molecular formula is C12H13BrClN3. The Hall–Kier alpha value is -0.840. The summed E-state index contributed by atoms with van der Waals surface area (Å²) in [6.45, 7) is 4.20. The normalized spacial score (nSPS) is 11.2. The summed E-state index contributed by atoms with van der Waals surface area (Å²) < 4.78 is 0.867. The average molecular weight is 315 g/mol. The maximum Gasteiger partial charge on any atom is 0.144 e. The van der Waals surface area contributed by atoms with E-state index in [1.54, 1.807) is 0 Å². The van der Waals surface area contributed by atoms with Crippen molar-refractivity contribution in [2.75, 3.05) is 5.43 Å². The van der Waals surface area contributed by atoms with Gasteiger partial charge in [0.1, 0.15) is 5.82 Å². The van der Waals surface area contributed by atoms with E-state index in [9.17, 15) is 0 Å². The van der Waals surface area contributed by atoms with E-state index in [1.807, 2.05) is 12.1 Å². The van der Waals surface area contributed by atoms with Gasteiger partial charge in [0.25, 0.3) is 0 Å². The third kappa shape index (κ3) is 2.39. The molecule has 0 bridgehead atoms. The molecule has 0 amide bonds. The number of nitrogens with zero attached hydrogens (tertiary/aromatic N) is 1. The van der Waals surface area contributed by atoms with Crippen LogP contribution in [-0.2, 0) is 0 Å². The van der Waals surface area contributed by atoms with Crippen LogP contribution < -0.4 is 11.3 Å². The largest absolute Gasteiger partial charge is 0.308 e. The van der Waals surface area contributed by atoms with Gasteiger partial charge < -0.3 is 5.43 Å². The lowest BCUT2D eigenvalue weighted by Crippen LogP contribution is -2.12. The van der Waals surface area contributed by atoms with Crippen LogP contribution in [0, 0.1) is 0 Å². The lowest BCUT2D eigenvalue weighted by atomic mass is 10.0. The molecule has 0 spiro atoms. The lowest BCUT2D eigenvalue weighted by Gasteiger charge is -2.13. The number of halogens is 2. The van der Waals surface area contributed by atoms with E-state index in [4.69, 9.17) is 17.4 Å². The first-order chi connectivity index (χ1) is 8.02. The van der Waals surface area contributed by atoms with Crippen molar-refractivity contribution in [3.8, 4) is 0 Å². The predicted octanol–water partition coefficient (Wildman–Crippen LogP) is 4.06. The minimum atomic E-state index is 0.343. The van der Waals surface area contributed by atoms with Crippen LogP contribution in [0.2, 0.25) is 5.02 Å². The molecule has 0 saturated heterocycles. The molecule has 0 radical (unpaired) electrons. The maximum atomic E-state index is 6.03. The molecule has 0 fully saturated rings. The topological polar surface area (TPSA) is 50.9 Å². The summed E-state index contributed by atoms with van der Waals surface area (Å²) in [5.74, 6) is 6.55. The molecule has 3 N–H and O–H groups in total. The van der Waals surface area contributed by atoms with Crippen molar-refractivity contribution in [3.63, 3.8) is 0 Å². The molecule has 0 atom stereocenters. The Balaban J connectivity index is 2.78. The van der Waals surface area contributed by atoms with Gasteiger partial charge in [0.05, 0.1) is 5.52 Å². The third-order valence-electron chi connectivity index (χ3n) is 2.62. The number of anilines is 1. The molecule has 0 saturated carbocycles. The Morgan fingerprint density at radius 1 is 1.35 bits per heavy atom. The zero-order valence-electron chi connectivity index (χ0n) is 9.59. The van der Waals surface area contributed by atoms with Gasteiger partial charge in [0.2, 0.25) is 0 Å². The number of hydrazine groups is 1. The van der Waals surface area contributed by atoms with E-state index in [1.165, 1.54) is 0 Å². The van der Waals surface area contributed by atoms with Gasteiger partial charge in [-0.3, -0.25) is 0 Å². The SMILES string of the molecule is CC(C)c1cc2cc(Cl)cc(Br)c2nc1NN. The number of nitrogens with two attached hydrogens (primary N) is 1. The van der Waals surface area contributed by atoms with Crippen LogP contribution in [0.4, 0.5) is 5.82 Å². The first-order valence-electron chi connectivity index (χ1n) is 5.29. The molecule has 1 aromatic carbocycles. The monoisotopic (exact) mass is 313 g/mol. The number of hydrogen-bond donors (Lipinski definition) is 2. The molecule has 2 aromatic rings. The number of fused-ring (bicyclic) bond motifs is 1. The quantitative estimate of drug-likeness (QED) is 0.649. The number of pyridine rings is 1. The summed E-state index contributed by atoms with van der Waals surface area (Å²) in [6.07, 6.45) is 0. The standard InChI is InChI=1S/C12H13BrClN3/c1-6(2)9-4-7-3-8(14)5-10(13)11(7)16-12(9)17-15/h3-6H,15H2,1-2H3,(H,16,17). The molecule has 2 rings (SSSR count). The first-order valence-corrected chi connectivity index (χ1v) is 6.46. The third-order valence-corrected chi connectivity index (χ3v) is 3.45. The van der Waals surface area contributed by atoms with Crippen molar-refractivity contribution >= 4 is 44.3 Å². The van der Waals surface area contributed by atoms with Crippen LogP contribution in [0.5, 0.6) is 0 Å². The Bertz CT molecular complexity index is 569. The fraction of sp³-hybridized carbons (Fsp3) is 0.250. The highest BCUT2D eigenvalue weighted by molar-refractivity contribution is 9.10. The van der Waals surface area contributed by atoms with E-state index < -0.39 is 0 Å². The van der Waals surface area contributed by atoms with Crippen molar-refractivity contribution in [2.24, 2.45) is 5.84 Å². The number of benzene rings is 1. The lowest BCUT2D eigenvalue weighted by molar-refractivity contribution is 0.862. The van der Waals surface area contributed by atoms with Crippen molar-refractivity contribution in [2.45, 2.75) is 19.8 Å². The fourth-order valence-electron chi connectivity index (χ4n) is 1.78. The van der Waals surface area contributed by atoms with Crippen LogP contribution in [0.15, 0.2) is 22.7 Å². The Morgan fingerprint density at radius 3 is 2.65 bits per heavy atom. The molecule has 0 aliphatic rings. The van der Waals surface area contributed by atoms with Crippen molar-refractivity contribution in [1.82, 2.24) is 4.98 Å². The average Bonchev–Trinajstić information content (AvgIpc) is 2.27. The molecule has 90 valence electrons. The van der Waals surface area contributed by atoms with Crippen LogP contribution in [0.3, 0.4) is 0 Å². The second-order valence-corrected chi connectivity index (χ2v) is 5.48. The minimum Gasteiger partial charge on any atom is -0.308 e. The van der Waals surface area contributed by atoms with Crippen LogP contribution in [-0.4, -0.2) is 4.98 Å². The van der Waals surface area contributed by atoms with E-state index in [-0.39, 0.29) is 0 Å². The van der Waals surface area contributed by atoms with E-state index >= 15 is 0 Å². The molecule has 0 unspecified atom stereocenters. The highest BCUT2D eigenvalue weighted by atomic mass is 79.9. The van der Waals surface area contributed by atoms with Crippen molar-refractivity contribution in [3.05, 3.63) is 33.3 Å². The number of nitrogen functional groups attached to an aromatic ring is 1. The van der Waals surface area contributed by atoms with Crippen LogP contribution in [0.1, 0.15) is 25.3 Å². The molecule has 3 nitrogen and oxygen atoms in total. The smallest absolute Gasteiger partial charge is 0.144 e. The Labute approximate surface area is 113 Å². The van der Waals surface area contributed by atoms with Crippen molar-refractivity contribution in [1.29, 1.82) is 0 Å². The number of aromatic nitrogens is 1. The second kappa shape index (κ2) is 4.80. The van der Waals surface area contributed by atoms with Crippen LogP contribution in [0.25, 0.3) is 10.9 Å². The first kappa shape index (κ1) is 12.6. The summed E-state index contributed by atoms with van der Waals surface area (Å²) in [4.78, 5) is 4.51. The Morgan fingerprint density at radius 2 is 2.06 bits per heavy atom. The molecule has 5 heteroatoms. The zero-order valence-corrected chi connectivity index (χ0v) is 11.9. The van der Waals surface area contributed by atoms with Gasteiger partial charge in [0.15, 0.2) is 0 Å². The van der Waals surface area contributed by atoms with Crippen LogP contribution >= 0.6 is 27.5 Å². The summed E-state index contributed by atoms with van der Waals surface area (Å²) >= 11 is 9.49. The van der Waals surface area contributed by atoms with Crippen molar-refractivity contribution < 1.29 is 0 Å². The van der Waals surface area contributed by atoms with Gasteiger partial charge in [0, 0.05) is 14.9 Å². The highest BCUT2D eigenvalue weighted by Gasteiger charge is 2.11. The minimum absolute atomic E-state index is 0.343. The summed E-state index contributed by atoms with van der Waals surface area (Å²) in [5.41, 5.74) is 4.58. The molecule has 1 heterocycles. The zero-order chi connectivity index (χ0) is 12.6. The summed E-state index contributed by atoms with van der Waals surface area (Å²) in [7, 11) is 0. The molecule has 17 heavy (non-hydrogen) atoms. The van der Waals surface area contributed by atoms with E-state index in [2.05, 4.69) is 46.3 Å². The summed E-state index contributed by atoms with van der Waals surface area (Å²) in [6, 6.07) is 5.80. The molecular weight excluding hydrogens is 302 g/mol. The molecule has 1 aromatic heterocycles. The second-order valence-electron chi connectivity index (χ2n) is 4.18. The molecule has 0 aliphatic carbocycles. The number of rotatable bonds is 2. The maximum absolute atomic E-state index is 6.03. The van der Waals surface area contributed by atoms with Gasteiger partial charge in [-0.2, -0.15) is 0 Å². The van der Waals surface area contributed by atoms with E-state index in [0.29, 0.717) is 16.8 Å². The number of nitrogens with one attached hydrogen (secondary N) is 1. The summed E-state index contributed by atoms with van der Waals surface area (Å²) in [5, 5.41) is 1.70. The highest BCUT2D eigenvalue weighted by Crippen LogP contribution is 2.32. The predicted molar refractivity (Wildman–Crippen MR) is 76.4 cm³/mol. The molecule has 0 aliphatic heterocycles. The van der Waals surface area contributed by atoms with Gasteiger partial charge in [-0.25, -0.2) is 10.8 Å². The fourth-order valence-corrected chi connectivity index (χ4v) is 2.70. The van der Waals surface area contributed by atoms with Gasteiger partial charge in [-0.1, -0.05) is 25.4 Å². The van der Waals surface area contributed by atoms with E-state index in [0.717, 1.165) is 20.9 Å².